The number of alkyl halides is 2. The van der Waals surface area contributed by atoms with Crippen LogP contribution in [0.15, 0.2) is 48.5 Å². The van der Waals surface area contributed by atoms with E-state index in [0.717, 1.165) is 22.3 Å². The zero-order chi connectivity index (χ0) is 24.8. The number of carbonyl (C=O) groups excluding carboxylic acids is 2. The highest BCUT2D eigenvalue weighted by molar-refractivity contribution is 5.93. The van der Waals surface area contributed by atoms with Crippen LogP contribution in [0.4, 0.5) is 13.6 Å². The molecule has 2 amide bonds. The van der Waals surface area contributed by atoms with Gasteiger partial charge in [-0.05, 0) is 35.1 Å². The van der Waals surface area contributed by atoms with Gasteiger partial charge in [-0.15, -0.1) is 0 Å². The summed E-state index contributed by atoms with van der Waals surface area (Å²) in [6.45, 7) is -0.930. The Morgan fingerprint density at radius 1 is 1.00 bits per heavy atom. The first-order chi connectivity index (χ1) is 16.7. The van der Waals surface area contributed by atoms with Gasteiger partial charge in [0, 0.05) is 12.3 Å². The first-order valence-corrected chi connectivity index (χ1v) is 11.8. The molecule has 2 fully saturated rings. The number of fused-ring (bicyclic) bond motifs is 3. The van der Waals surface area contributed by atoms with Crippen molar-refractivity contribution in [2.45, 2.75) is 55.5 Å². The summed E-state index contributed by atoms with van der Waals surface area (Å²) in [6.07, 6.45) is -0.0569. The molecule has 1 atom stereocenters. The number of carboxylic acids is 1. The summed E-state index contributed by atoms with van der Waals surface area (Å²) in [5.41, 5.74) is 2.79. The molecule has 1 saturated heterocycles. The third kappa shape index (κ3) is 4.13. The predicted molar refractivity (Wildman–Crippen MR) is 122 cm³/mol. The van der Waals surface area contributed by atoms with Gasteiger partial charge in [0.05, 0.1) is 6.54 Å². The van der Waals surface area contributed by atoms with Gasteiger partial charge in [0.1, 0.15) is 18.2 Å². The monoisotopic (exact) mass is 484 g/mol. The topological polar surface area (TPSA) is 95.9 Å². The summed E-state index contributed by atoms with van der Waals surface area (Å²) in [6, 6.07) is 14.1. The number of likely N-dealkylation sites (tertiary alicyclic amines) is 1. The van der Waals surface area contributed by atoms with Gasteiger partial charge in [0.2, 0.25) is 5.91 Å². The lowest BCUT2D eigenvalue weighted by atomic mass is 9.95. The average Bonchev–Trinajstić information content (AvgIpc) is 3.52. The first-order valence-electron chi connectivity index (χ1n) is 11.8. The Morgan fingerprint density at radius 2 is 1.57 bits per heavy atom. The molecule has 0 radical (unpaired) electrons. The van der Waals surface area contributed by atoms with E-state index in [9.17, 15) is 28.3 Å². The number of alkyl carbamates (subject to hydrolysis) is 1. The second-order valence-corrected chi connectivity index (χ2v) is 9.59. The van der Waals surface area contributed by atoms with Gasteiger partial charge in [-0.2, -0.15) is 0 Å². The maximum atomic E-state index is 14.0. The van der Waals surface area contributed by atoms with Crippen LogP contribution in [-0.4, -0.2) is 58.6 Å². The highest BCUT2D eigenvalue weighted by Crippen LogP contribution is 2.44. The van der Waals surface area contributed by atoms with Crippen LogP contribution in [-0.2, 0) is 14.3 Å². The van der Waals surface area contributed by atoms with Crippen LogP contribution in [0.1, 0.15) is 49.1 Å². The van der Waals surface area contributed by atoms with Crippen LogP contribution in [0.5, 0.6) is 0 Å². The number of amides is 2. The molecule has 2 aromatic rings. The summed E-state index contributed by atoms with van der Waals surface area (Å²) in [4.78, 5) is 38.5. The number of nitrogens with zero attached hydrogens (tertiary/aromatic N) is 1. The average molecular weight is 484 g/mol. The number of aliphatic carboxylic acids is 1. The molecule has 35 heavy (non-hydrogen) atoms. The number of halogens is 2. The molecule has 1 saturated carbocycles. The lowest BCUT2D eigenvalue weighted by molar-refractivity contribution is -0.151. The van der Waals surface area contributed by atoms with E-state index < -0.39 is 48.4 Å². The fourth-order valence-corrected chi connectivity index (χ4v) is 5.73. The van der Waals surface area contributed by atoms with E-state index in [1.54, 1.807) is 0 Å². The molecule has 7 nitrogen and oxygen atoms in total. The van der Waals surface area contributed by atoms with Crippen molar-refractivity contribution in [3.05, 3.63) is 59.7 Å². The number of hydrogen-bond acceptors (Lipinski definition) is 4. The molecule has 2 aliphatic carbocycles. The van der Waals surface area contributed by atoms with Crippen molar-refractivity contribution in [2.75, 3.05) is 13.2 Å². The lowest BCUT2D eigenvalue weighted by Gasteiger charge is -2.34. The zero-order valence-electron chi connectivity index (χ0n) is 19.0. The van der Waals surface area contributed by atoms with Crippen LogP contribution in [0.3, 0.4) is 0 Å². The highest BCUT2D eigenvalue weighted by Gasteiger charge is 2.55. The normalized spacial score (nSPS) is 21.9. The van der Waals surface area contributed by atoms with E-state index >= 15 is 0 Å². The number of carboxylic acid groups (broad SMARTS) is 1. The van der Waals surface area contributed by atoms with E-state index in [4.69, 9.17) is 4.74 Å². The molecule has 2 aromatic carbocycles. The Kier molecular flexibility index (Phi) is 5.73. The second-order valence-electron chi connectivity index (χ2n) is 9.59. The Bertz CT molecular complexity index is 1130. The van der Waals surface area contributed by atoms with Gasteiger partial charge in [0.25, 0.3) is 5.92 Å². The molecule has 0 aromatic heterocycles. The summed E-state index contributed by atoms with van der Waals surface area (Å²) in [5, 5.41) is 12.0. The number of hydrogen-bond donors (Lipinski definition) is 2. The summed E-state index contributed by atoms with van der Waals surface area (Å²) in [5.74, 6) is -5.72. The number of nitrogens with one attached hydrogen (secondary N) is 1. The Labute approximate surface area is 201 Å². The van der Waals surface area contributed by atoms with Gasteiger partial charge < -0.3 is 20.1 Å². The third-order valence-corrected chi connectivity index (χ3v) is 7.37. The fraction of sp³-hybridized carbons (Fsp3) is 0.423. The molecule has 9 heteroatoms. The molecule has 184 valence electrons. The Balaban J connectivity index is 1.31. The van der Waals surface area contributed by atoms with E-state index in [2.05, 4.69) is 5.32 Å². The maximum Gasteiger partial charge on any atom is 0.408 e. The van der Waals surface area contributed by atoms with Crippen molar-refractivity contribution in [3.8, 4) is 11.1 Å². The number of carbonyl (C=O) groups is 3. The number of benzene rings is 2. The minimum Gasteiger partial charge on any atom is -0.480 e. The fourth-order valence-electron chi connectivity index (χ4n) is 5.73. The maximum absolute atomic E-state index is 14.0. The largest absolute Gasteiger partial charge is 0.480 e. The van der Waals surface area contributed by atoms with E-state index in [1.165, 1.54) is 0 Å². The molecule has 0 bridgehead atoms. The van der Waals surface area contributed by atoms with Gasteiger partial charge in [0.15, 0.2) is 0 Å². The van der Waals surface area contributed by atoms with Crippen LogP contribution in [0.2, 0.25) is 0 Å². The van der Waals surface area contributed by atoms with Crippen LogP contribution in [0, 0.1) is 0 Å². The second kappa shape index (κ2) is 8.62. The summed E-state index contributed by atoms with van der Waals surface area (Å²) < 4.78 is 33.6. The molecule has 5 rings (SSSR count). The van der Waals surface area contributed by atoms with Crippen molar-refractivity contribution >= 4 is 18.0 Å². The van der Waals surface area contributed by atoms with Crippen molar-refractivity contribution in [1.29, 1.82) is 0 Å². The van der Waals surface area contributed by atoms with Gasteiger partial charge in [-0.25, -0.2) is 18.4 Å². The zero-order valence-corrected chi connectivity index (χ0v) is 19.0. The third-order valence-electron chi connectivity index (χ3n) is 7.37. The molecule has 0 spiro atoms. The smallest absolute Gasteiger partial charge is 0.408 e. The molecule has 1 unspecified atom stereocenters. The predicted octanol–water partition coefficient (Wildman–Crippen LogP) is 4.16. The molecule has 2 N–H and O–H groups in total. The Hall–Kier alpha value is -3.49. The first kappa shape index (κ1) is 23.3. The summed E-state index contributed by atoms with van der Waals surface area (Å²) >= 11 is 0. The molecular weight excluding hydrogens is 458 g/mol. The Morgan fingerprint density at radius 3 is 2.14 bits per heavy atom. The molecule has 1 heterocycles. The highest BCUT2D eigenvalue weighted by atomic mass is 19.3. The SMILES string of the molecule is O=C(NC1(C(=O)N2CC(F)(F)CC2C(=O)O)CCCC1)OCC1c2ccccc2-c2ccccc21. The van der Waals surface area contributed by atoms with E-state index in [0.29, 0.717) is 17.7 Å². The van der Waals surface area contributed by atoms with E-state index in [-0.39, 0.29) is 25.4 Å². The number of rotatable bonds is 5. The molecular formula is C26H26F2N2O5. The quantitative estimate of drug-likeness (QED) is 0.665. The van der Waals surface area contributed by atoms with Crippen LogP contribution >= 0.6 is 0 Å². The minimum atomic E-state index is -3.29. The lowest BCUT2D eigenvalue weighted by Crippen LogP contribution is -2.60. The van der Waals surface area contributed by atoms with Crippen molar-refractivity contribution < 1.29 is 33.0 Å². The van der Waals surface area contributed by atoms with E-state index in [1.807, 2.05) is 48.5 Å². The molecule has 3 aliphatic rings. The van der Waals surface area contributed by atoms with Gasteiger partial charge >= 0.3 is 12.1 Å². The van der Waals surface area contributed by atoms with Crippen molar-refractivity contribution in [3.63, 3.8) is 0 Å². The van der Waals surface area contributed by atoms with Crippen LogP contribution < -0.4 is 5.32 Å². The van der Waals surface area contributed by atoms with Crippen molar-refractivity contribution in [2.24, 2.45) is 0 Å². The molecule has 1 aliphatic heterocycles. The minimum absolute atomic E-state index is 0.0453. The van der Waals surface area contributed by atoms with Gasteiger partial charge in [-0.3, -0.25) is 4.79 Å². The van der Waals surface area contributed by atoms with Gasteiger partial charge in [-0.1, -0.05) is 61.4 Å². The van der Waals surface area contributed by atoms with Crippen molar-refractivity contribution in [1.82, 2.24) is 10.2 Å². The van der Waals surface area contributed by atoms with Crippen LogP contribution in [0.25, 0.3) is 11.1 Å². The summed E-state index contributed by atoms with van der Waals surface area (Å²) in [7, 11) is 0. The number of ether oxygens (including phenoxy) is 1. The standard InChI is InChI=1S/C26H26F2N2O5/c27-26(28)13-21(22(31)32)30(15-26)23(33)25(11-5-6-12-25)29-24(34)35-14-20-18-9-3-1-7-16(18)17-8-2-4-10-19(17)20/h1-4,7-10,20-21H,5-6,11-15H2,(H,29,34)(H,31,32).